The lowest BCUT2D eigenvalue weighted by atomic mass is 10.2. The summed E-state index contributed by atoms with van der Waals surface area (Å²) in [5.74, 6) is 0.814. The number of thiazole rings is 2. The van der Waals surface area contributed by atoms with Crippen molar-refractivity contribution < 1.29 is 4.79 Å². The van der Waals surface area contributed by atoms with E-state index in [1.165, 1.54) is 0 Å². The number of nitrogens with zero attached hydrogens (tertiary/aromatic N) is 3. The molecule has 0 aliphatic heterocycles. The van der Waals surface area contributed by atoms with Crippen LogP contribution in [-0.4, -0.2) is 21.4 Å². The van der Waals surface area contributed by atoms with Gasteiger partial charge in [0.25, 0.3) is 0 Å². The van der Waals surface area contributed by atoms with Crippen molar-refractivity contribution in [1.82, 2.24) is 15.0 Å². The Labute approximate surface area is 184 Å². The van der Waals surface area contributed by atoms with E-state index in [1.807, 2.05) is 70.3 Å². The van der Waals surface area contributed by atoms with Crippen molar-refractivity contribution in [2.75, 3.05) is 10.6 Å². The normalized spacial score (nSPS) is 10.1. The molecule has 0 bridgehead atoms. The molecule has 30 heavy (non-hydrogen) atoms. The van der Waals surface area contributed by atoms with Crippen LogP contribution in [0.1, 0.15) is 21.8 Å². The Balaban J connectivity index is 0.000000216. The number of aromatic nitrogens is 3. The highest BCUT2D eigenvalue weighted by Gasteiger charge is 2.11. The van der Waals surface area contributed by atoms with Crippen molar-refractivity contribution in [3.05, 3.63) is 69.8 Å². The number of pyridine rings is 1. The maximum absolute atomic E-state index is 9.97. The molecule has 0 aliphatic carbocycles. The molecule has 0 saturated carbocycles. The zero-order valence-electron chi connectivity index (χ0n) is 17.3. The maximum Gasteiger partial charge on any atom is 0.211 e. The highest BCUT2D eigenvalue weighted by atomic mass is 32.1. The van der Waals surface area contributed by atoms with E-state index < -0.39 is 0 Å². The molecule has 0 saturated heterocycles. The Hall–Kier alpha value is -3.10. The lowest BCUT2D eigenvalue weighted by Gasteiger charge is -2.01. The predicted octanol–water partition coefficient (Wildman–Crippen LogP) is 5.89. The van der Waals surface area contributed by atoms with Crippen molar-refractivity contribution in [3.8, 4) is 10.6 Å². The Bertz CT molecular complexity index is 1120. The smallest absolute Gasteiger partial charge is 0.211 e. The van der Waals surface area contributed by atoms with E-state index in [0.29, 0.717) is 6.41 Å². The molecular formula is C22H23N5OS2. The van der Waals surface area contributed by atoms with Crippen LogP contribution in [0.5, 0.6) is 0 Å². The molecule has 4 aromatic rings. The Morgan fingerprint density at radius 1 is 1.00 bits per heavy atom. The van der Waals surface area contributed by atoms with Crippen LogP contribution in [0.4, 0.5) is 16.6 Å². The van der Waals surface area contributed by atoms with E-state index in [-0.39, 0.29) is 0 Å². The lowest BCUT2D eigenvalue weighted by molar-refractivity contribution is -0.105. The number of carbonyl (C=O) groups excluding carboxylic acids is 1. The van der Waals surface area contributed by atoms with Crippen LogP contribution >= 0.6 is 22.7 Å². The number of nitrogens with one attached hydrogen (secondary N) is 2. The van der Waals surface area contributed by atoms with E-state index >= 15 is 0 Å². The van der Waals surface area contributed by atoms with Gasteiger partial charge in [0, 0.05) is 17.3 Å². The monoisotopic (exact) mass is 437 g/mol. The first-order valence-electron chi connectivity index (χ1n) is 9.31. The van der Waals surface area contributed by atoms with Gasteiger partial charge in [0.1, 0.15) is 5.82 Å². The number of benzene rings is 1. The largest absolute Gasteiger partial charge is 0.329 e. The van der Waals surface area contributed by atoms with Crippen LogP contribution in [-0.2, 0) is 4.79 Å². The summed E-state index contributed by atoms with van der Waals surface area (Å²) >= 11 is 3.26. The molecule has 8 heteroatoms. The van der Waals surface area contributed by atoms with Crippen LogP contribution < -0.4 is 10.6 Å². The first kappa shape index (κ1) is 21.6. The molecule has 3 aromatic heterocycles. The minimum absolute atomic E-state index is 0.675. The highest BCUT2D eigenvalue weighted by molar-refractivity contribution is 7.16. The van der Waals surface area contributed by atoms with E-state index in [2.05, 4.69) is 31.0 Å². The number of hydrogen-bond donors (Lipinski definition) is 2. The zero-order valence-corrected chi connectivity index (χ0v) is 18.9. The summed E-state index contributed by atoms with van der Waals surface area (Å²) < 4.78 is 0. The zero-order chi connectivity index (χ0) is 21.5. The quantitative estimate of drug-likeness (QED) is 0.380. The molecular weight excluding hydrogens is 414 g/mol. The fourth-order valence-electron chi connectivity index (χ4n) is 2.66. The molecule has 0 spiro atoms. The van der Waals surface area contributed by atoms with Gasteiger partial charge in [-0.05, 0) is 57.0 Å². The molecule has 1 amide bonds. The standard InChI is InChI=1S/C14H14N4S2.C8H9NO/c1-8-4-5-12(15-6-8)18-14-17-11(7-19-14)13-9(2)16-10(3)20-13;1-7-3-2-4-8(5-7)9-6-10/h4-7H,1-3H3,(H,15,17,18);2-6H,1H3,(H,9,10). The third kappa shape index (κ3) is 5.95. The second-order valence-electron chi connectivity index (χ2n) is 6.66. The first-order valence-corrected chi connectivity index (χ1v) is 11.0. The van der Waals surface area contributed by atoms with Crippen LogP contribution in [0.15, 0.2) is 48.0 Å². The predicted molar refractivity (Wildman–Crippen MR) is 126 cm³/mol. The SMILES string of the molecule is Cc1ccc(Nc2nc(-c3sc(C)nc3C)cs2)nc1.Cc1cccc(NC=O)c1. The summed E-state index contributed by atoms with van der Waals surface area (Å²) in [5, 5.41) is 9.77. The van der Waals surface area contributed by atoms with Crippen molar-refractivity contribution in [2.24, 2.45) is 0 Å². The van der Waals surface area contributed by atoms with Gasteiger partial charge in [-0.2, -0.15) is 0 Å². The van der Waals surface area contributed by atoms with Crippen LogP contribution in [0.3, 0.4) is 0 Å². The summed E-state index contributed by atoms with van der Waals surface area (Å²) in [6, 6.07) is 11.6. The summed E-state index contributed by atoms with van der Waals surface area (Å²) in [7, 11) is 0. The second-order valence-corrected chi connectivity index (χ2v) is 8.72. The lowest BCUT2D eigenvalue weighted by Crippen LogP contribution is -1.92. The average molecular weight is 438 g/mol. The van der Waals surface area contributed by atoms with Crippen molar-refractivity contribution in [1.29, 1.82) is 0 Å². The summed E-state index contributed by atoms with van der Waals surface area (Å²) in [4.78, 5) is 24.5. The van der Waals surface area contributed by atoms with Gasteiger partial charge in [-0.1, -0.05) is 18.2 Å². The van der Waals surface area contributed by atoms with Gasteiger partial charge < -0.3 is 10.6 Å². The molecule has 6 nitrogen and oxygen atoms in total. The van der Waals surface area contributed by atoms with Crippen LogP contribution in [0.25, 0.3) is 10.6 Å². The minimum Gasteiger partial charge on any atom is -0.329 e. The molecule has 0 radical (unpaired) electrons. The van der Waals surface area contributed by atoms with Crippen LogP contribution in [0.2, 0.25) is 0 Å². The Morgan fingerprint density at radius 2 is 1.83 bits per heavy atom. The molecule has 0 aliphatic rings. The van der Waals surface area contributed by atoms with Gasteiger partial charge >= 0.3 is 0 Å². The number of amides is 1. The first-order chi connectivity index (χ1) is 14.4. The third-order valence-electron chi connectivity index (χ3n) is 4.03. The molecule has 0 fully saturated rings. The van der Waals surface area contributed by atoms with Gasteiger partial charge in [-0.3, -0.25) is 4.79 Å². The number of rotatable bonds is 5. The van der Waals surface area contributed by atoms with Gasteiger partial charge in [0.15, 0.2) is 5.13 Å². The summed E-state index contributed by atoms with van der Waals surface area (Å²) in [6.07, 6.45) is 2.52. The Morgan fingerprint density at radius 3 is 2.47 bits per heavy atom. The van der Waals surface area contributed by atoms with Gasteiger partial charge in [0.05, 0.1) is 21.3 Å². The van der Waals surface area contributed by atoms with E-state index in [1.54, 1.807) is 22.7 Å². The highest BCUT2D eigenvalue weighted by Crippen LogP contribution is 2.32. The third-order valence-corrected chi connectivity index (χ3v) is 5.88. The topological polar surface area (TPSA) is 79.8 Å². The fraction of sp³-hybridized carbons (Fsp3) is 0.182. The number of hydrogen-bond acceptors (Lipinski definition) is 7. The maximum atomic E-state index is 9.97. The van der Waals surface area contributed by atoms with Gasteiger partial charge in [-0.25, -0.2) is 15.0 Å². The Kier molecular flexibility index (Phi) is 7.26. The molecule has 0 atom stereocenters. The average Bonchev–Trinajstić information content (AvgIpc) is 3.30. The molecule has 0 unspecified atom stereocenters. The summed E-state index contributed by atoms with van der Waals surface area (Å²) in [5.41, 5.74) is 5.15. The van der Waals surface area contributed by atoms with E-state index in [0.717, 1.165) is 49.0 Å². The molecule has 4 rings (SSSR count). The number of carbonyl (C=O) groups is 1. The van der Waals surface area contributed by atoms with E-state index in [4.69, 9.17) is 0 Å². The van der Waals surface area contributed by atoms with E-state index in [9.17, 15) is 4.79 Å². The van der Waals surface area contributed by atoms with Crippen molar-refractivity contribution in [3.63, 3.8) is 0 Å². The minimum atomic E-state index is 0.675. The second kappa shape index (κ2) is 10.1. The molecule has 3 heterocycles. The molecule has 1 aromatic carbocycles. The summed E-state index contributed by atoms with van der Waals surface area (Å²) in [6.45, 7) is 8.04. The number of anilines is 3. The molecule has 154 valence electrons. The number of aryl methyl sites for hydroxylation is 4. The van der Waals surface area contributed by atoms with Crippen molar-refractivity contribution >= 4 is 45.7 Å². The van der Waals surface area contributed by atoms with Crippen LogP contribution in [0, 0.1) is 27.7 Å². The van der Waals surface area contributed by atoms with Gasteiger partial charge in [-0.15, -0.1) is 22.7 Å². The van der Waals surface area contributed by atoms with Crippen molar-refractivity contribution in [2.45, 2.75) is 27.7 Å². The van der Waals surface area contributed by atoms with Gasteiger partial charge in [0.2, 0.25) is 6.41 Å². The fourth-order valence-corrected chi connectivity index (χ4v) is 4.32. The molecule has 2 N–H and O–H groups in total.